The number of aryl methyl sites for hydroxylation is 1. The molecular formula is C10H13BrN2O. The summed E-state index contributed by atoms with van der Waals surface area (Å²) < 4.78 is 1.03. The summed E-state index contributed by atoms with van der Waals surface area (Å²) in [5, 5.41) is 12.2. The van der Waals surface area contributed by atoms with Crippen molar-refractivity contribution in [3.05, 3.63) is 22.3 Å². The highest BCUT2D eigenvalue weighted by Crippen LogP contribution is 2.32. The molecule has 0 spiro atoms. The summed E-state index contributed by atoms with van der Waals surface area (Å²) in [5.74, 6) is 1.31. The van der Waals surface area contributed by atoms with Gasteiger partial charge < -0.3 is 10.4 Å². The summed E-state index contributed by atoms with van der Waals surface area (Å²) in [6, 6.07) is 4.35. The Morgan fingerprint density at radius 3 is 3.00 bits per heavy atom. The molecule has 0 bridgehead atoms. The van der Waals surface area contributed by atoms with Crippen molar-refractivity contribution in [1.29, 1.82) is 0 Å². The van der Waals surface area contributed by atoms with Gasteiger partial charge in [0.25, 0.3) is 0 Å². The number of rotatable bonds is 3. The summed E-state index contributed by atoms with van der Waals surface area (Å²) in [5.41, 5.74) is 0.983. The third kappa shape index (κ3) is 2.07. The van der Waals surface area contributed by atoms with Gasteiger partial charge in [0.15, 0.2) is 0 Å². The maximum absolute atomic E-state index is 8.89. The fourth-order valence-corrected chi connectivity index (χ4v) is 1.66. The highest BCUT2D eigenvalue weighted by Gasteiger charge is 2.36. The van der Waals surface area contributed by atoms with Gasteiger partial charge in [-0.3, -0.25) is 0 Å². The fraction of sp³-hybridized carbons (Fsp3) is 0.500. The predicted octanol–water partition coefficient (Wildman–Crippen LogP) is 1.95. The first-order chi connectivity index (χ1) is 6.70. The minimum absolute atomic E-state index is 0.271. The Labute approximate surface area is 91.7 Å². The van der Waals surface area contributed by atoms with E-state index in [1.807, 2.05) is 19.1 Å². The van der Waals surface area contributed by atoms with Crippen LogP contribution in [0.3, 0.4) is 0 Å². The monoisotopic (exact) mass is 256 g/mol. The Morgan fingerprint density at radius 2 is 2.43 bits per heavy atom. The normalized spacial score (nSPS) is 24.8. The van der Waals surface area contributed by atoms with Crippen molar-refractivity contribution >= 4 is 21.7 Å². The second-order valence-electron chi connectivity index (χ2n) is 3.69. The number of halogens is 1. The van der Waals surface area contributed by atoms with E-state index in [0.29, 0.717) is 12.0 Å². The van der Waals surface area contributed by atoms with Crippen LogP contribution in [-0.4, -0.2) is 22.7 Å². The molecule has 2 N–H and O–H groups in total. The number of nitrogens with one attached hydrogen (secondary N) is 1. The molecule has 1 aliphatic rings. The van der Waals surface area contributed by atoms with Crippen molar-refractivity contribution in [2.45, 2.75) is 19.4 Å². The number of aromatic nitrogens is 1. The van der Waals surface area contributed by atoms with Gasteiger partial charge in [0, 0.05) is 23.0 Å². The van der Waals surface area contributed by atoms with Crippen LogP contribution in [0.25, 0.3) is 0 Å². The van der Waals surface area contributed by atoms with E-state index in [9.17, 15) is 0 Å². The Hall–Kier alpha value is -0.610. The molecule has 2 rings (SSSR count). The lowest BCUT2D eigenvalue weighted by Crippen LogP contribution is -2.08. The summed E-state index contributed by atoms with van der Waals surface area (Å²) in [6.45, 7) is 2.23. The average Bonchev–Trinajstić information content (AvgIpc) is 2.90. The molecule has 3 nitrogen and oxygen atoms in total. The van der Waals surface area contributed by atoms with E-state index in [-0.39, 0.29) is 6.61 Å². The van der Waals surface area contributed by atoms with Gasteiger partial charge in [0.1, 0.15) is 5.82 Å². The minimum Gasteiger partial charge on any atom is -0.396 e. The molecular weight excluding hydrogens is 244 g/mol. The zero-order chi connectivity index (χ0) is 10.1. The van der Waals surface area contributed by atoms with Crippen molar-refractivity contribution in [3.8, 4) is 0 Å². The molecule has 0 aliphatic heterocycles. The number of pyridine rings is 1. The summed E-state index contributed by atoms with van der Waals surface area (Å²) >= 11 is 3.41. The van der Waals surface area contributed by atoms with Crippen LogP contribution in [0.1, 0.15) is 12.1 Å². The van der Waals surface area contributed by atoms with E-state index in [4.69, 9.17) is 5.11 Å². The molecule has 1 aromatic heterocycles. The Morgan fingerprint density at radius 1 is 1.64 bits per heavy atom. The van der Waals surface area contributed by atoms with E-state index in [2.05, 4.69) is 26.2 Å². The van der Waals surface area contributed by atoms with Crippen LogP contribution in [0, 0.1) is 12.8 Å². The van der Waals surface area contributed by atoms with Crippen LogP contribution in [0.5, 0.6) is 0 Å². The van der Waals surface area contributed by atoms with Crippen molar-refractivity contribution in [1.82, 2.24) is 4.98 Å². The first-order valence-electron chi connectivity index (χ1n) is 4.71. The third-order valence-electron chi connectivity index (χ3n) is 2.51. The molecule has 76 valence electrons. The highest BCUT2D eigenvalue weighted by molar-refractivity contribution is 9.10. The Kier molecular flexibility index (Phi) is 2.74. The standard InChI is InChI=1S/C10H13BrN2O/c1-6-8(11)2-3-10(12-6)13-9-4-7(9)5-14/h2-3,7,9,14H,4-5H2,1H3,(H,12,13). The molecule has 1 fully saturated rings. The van der Waals surface area contributed by atoms with Gasteiger partial charge in [0.2, 0.25) is 0 Å². The van der Waals surface area contributed by atoms with Crippen LogP contribution in [0.2, 0.25) is 0 Å². The van der Waals surface area contributed by atoms with Gasteiger partial charge in [0.05, 0.1) is 5.69 Å². The first-order valence-corrected chi connectivity index (χ1v) is 5.50. The van der Waals surface area contributed by atoms with Crippen LogP contribution in [0.4, 0.5) is 5.82 Å². The molecule has 1 heterocycles. The second kappa shape index (κ2) is 3.87. The van der Waals surface area contributed by atoms with E-state index in [1.54, 1.807) is 0 Å². The van der Waals surface area contributed by atoms with Gasteiger partial charge in [-0.15, -0.1) is 0 Å². The van der Waals surface area contributed by atoms with Crippen LogP contribution >= 0.6 is 15.9 Å². The van der Waals surface area contributed by atoms with Gasteiger partial charge in [-0.05, 0) is 41.4 Å². The summed E-state index contributed by atoms with van der Waals surface area (Å²) in [6.07, 6.45) is 1.05. The molecule has 0 amide bonds. The summed E-state index contributed by atoms with van der Waals surface area (Å²) in [7, 11) is 0. The number of anilines is 1. The minimum atomic E-state index is 0.271. The predicted molar refractivity (Wildman–Crippen MR) is 59.3 cm³/mol. The number of nitrogens with zero attached hydrogens (tertiary/aromatic N) is 1. The Balaban J connectivity index is 2.00. The van der Waals surface area contributed by atoms with Crippen molar-refractivity contribution in [2.75, 3.05) is 11.9 Å². The second-order valence-corrected chi connectivity index (χ2v) is 4.55. The zero-order valence-corrected chi connectivity index (χ0v) is 9.58. The molecule has 0 radical (unpaired) electrons. The Bertz CT molecular complexity index is 343. The molecule has 1 aliphatic carbocycles. The number of aliphatic hydroxyl groups excluding tert-OH is 1. The third-order valence-corrected chi connectivity index (χ3v) is 3.35. The molecule has 0 aromatic carbocycles. The molecule has 0 saturated heterocycles. The van der Waals surface area contributed by atoms with Crippen LogP contribution in [0.15, 0.2) is 16.6 Å². The van der Waals surface area contributed by atoms with Gasteiger partial charge in [-0.2, -0.15) is 0 Å². The fourth-order valence-electron chi connectivity index (χ4n) is 1.44. The highest BCUT2D eigenvalue weighted by atomic mass is 79.9. The smallest absolute Gasteiger partial charge is 0.126 e. The van der Waals surface area contributed by atoms with Crippen LogP contribution in [-0.2, 0) is 0 Å². The lowest BCUT2D eigenvalue weighted by atomic mass is 10.3. The van der Waals surface area contributed by atoms with Gasteiger partial charge in [-0.25, -0.2) is 4.98 Å². The van der Waals surface area contributed by atoms with Crippen molar-refractivity contribution < 1.29 is 5.11 Å². The van der Waals surface area contributed by atoms with E-state index in [1.165, 1.54) is 0 Å². The molecule has 1 aromatic rings. The van der Waals surface area contributed by atoms with Crippen molar-refractivity contribution in [3.63, 3.8) is 0 Å². The maximum Gasteiger partial charge on any atom is 0.126 e. The number of hydrogen-bond acceptors (Lipinski definition) is 3. The lowest BCUT2D eigenvalue weighted by molar-refractivity contribution is 0.275. The van der Waals surface area contributed by atoms with Crippen LogP contribution < -0.4 is 5.32 Å². The quantitative estimate of drug-likeness (QED) is 0.869. The van der Waals surface area contributed by atoms with E-state index >= 15 is 0 Å². The molecule has 2 atom stereocenters. The number of aliphatic hydroxyl groups is 1. The van der Waals surface area contributed by atoms with E-state index < -0.39 is 0 Å². The summed E-state index contributed by atoms with van der Waals surface area (Å²) in [4.78, 5) is 4.38. The number of hydrogen-bond donors (Lipinski definition) is 2. The zero-order valence-electron chi connectivity index (χ0n) is 8.00. The van der Waals surface area contributed by atoms with Gasteiger partial charge in [-0.1, -0.05) is 0 Å². The SMILES string of the molecule is Cc1nc(NC2CC2CO)ccc1Br. The molecule has 1 saturated carbocycles. The molecule has 2 unspecified atom stereocenters. The lowest BCUT2D eigenvalue weighted by Gasteiger charge is -2.05. The molecule has 4 heteroatoms. The van der Waals surface area contributed by atoms with E-state index in [0.717, 1.165) is 22.4 Å². The van der Waals surface area contributed by atoms with Gasteiger partial charge >= 0.3 is 0 Å². The largest absolute Gasteiger partial charge is 0.396 e. The maximum atomic E-state index is 8.89. The average molecular weight is 257 g/mol. The topological polar surface area (TPSA) is 45.2 Å². The molecule has 14 heavy (non-hydrogen) atoms. The first kappa shape index (κ1) is 9.93. The van der Waals surface area contributed by atoms with Crippen molar-refractivity contribution in [2.24, 2.45) is 5.92 Å².